The van der Waals surface area contributed by atoms with Crippen molar-refractivity contribution in [2.45, 2.75) is 107 Å². The van der Waals surface area contributed by atoms with Gasteiger partial charge in [-0.2, -0.15) is 11.8 Å². The Hall–Kier alpha value is -0.240. The Morgan fingerprint density at radius 2 is 1.90 bits per heavy atom. The molecule has 0 amide bonds. The van der Waals surface area contributed by atoms with E-state index in [0.717, 1.165) is 19.3 Å². The van der Waals surface area contributed by atoms with E-state index in [2.05, 4.69) is 13.2 Å². The first-order valence-electron chi connectivity index (χ1n) is 12.0. The minimum absolute atomic E-state index is 0.0103. The number of carbonyl (C=O) groups excluding carboxylic acids is 1. The summed E-state index contributed by atoms with van der Waals surface area (Å²) >= 11 is 1.79. The molecule has 7 heteroatoms. The summed E-state index contributed by atoms with van der Waals surface area (Å²) in [5.41, 5.74) is -3.35. The van der Waals surface area contributed by atoms with Gasteiger partial charge in [-0.05, 0) is 49.7 Å². The van der Waals surface area contributed by atoms with Crippen molar-refractivity contribution < 1.29 is 28.2 Å². The molecule has 0 aromatic rings. The summed E-state index contributed by atoms with van der Waals surface area (Å²) in [6.45, 7) is 5.92. The molecule has 0 aromatic heterocycles. The number of ether oxygens (including phenoxy) is 2. The van der Waals surface area contributed by atoms with Crippen LogP contribution < -0.4 is 0 Å². The molecule has 1 N–H and O–H groups in total. The van der Waals surface area contributed by atoms with Gasteiger partial charge in [0.1, 0.15) is 11.8 Å². The van der Waals surface area contributed by atoms with E-state index in [1.807, 2.05) is 6.92 Å². The Kier molecular flexibility index (Phi) is 5.19. The zero-order valence-electron chi connectivity index (χ0n) is 19.0. The highest BCUT2D eigenvalue weighted by Crippen LogP contribution is 2.71. The fourth-order valence-corrected chi connectivity index (χ4v) is 9.64. The third-order valence-electron chi connectivity index (χ3n) is 9.96. The molecule has 4 nitrogen and oxygen atoms in total. The molecular formula is C24H36F2O4S. The zero-order valence-corrected chi connectivity index (χ0v) is 19.9. The fourth-order valence-electron chi connectivity index (χ4n) is 8.45. The lowest BCUT2D eigenvalue weighted by Gasteiger charge is -2.67. The van der Waals surface area contributed by atoms with Gasteiger partial charge in [0.25, 0.3) is 0 Å². The topological polar surface area (TPSA) is 55.8 Å². The van der Waals surface area contributed by atoms with Crippen LogP contribution in [0.1, 0.15) is 72.1 Å². The van der Waals surface area contributed by atoms with E-state index in [1.54, 1.807) is 18.7 Å². The lowest BCUT2D eigenvalue weighted by Crippen LogP contribution is -2.75. The predicted molar refractivity (Wildman–Crippen MR) is 115 cm³/mol. The first kappa shape index (κ1) is 22.5. The molecule has 5 rings (SSSR count). The highest BCUT2D eigenvalue weighted by Gasteiger charge is 2.77. The van der Waals surface area contributed by atoms with E-state index < -0.39 is 47.3 Å². The van der Waals surface area contributed by atoms with Crippen LogP contribution in [0.3, 0.4) is 0 Å². The van der Waals surface area contributed by atoms with Gasteiger partial charge in [0.05, 0.1) is 6.10 Å². The summed E-state index contributed by atoms with van der Waals surface area (Å²) in [7, 11) is 0. The van der Waals surface area contributed by atoms with Crippen molar-refractivity contribution in [2.75, 3.05) is 6.26 Å². The maximum Gasteiger partial charge on any atom is 0.234 e. The molecule has 9 atom stereocenters. The van der Waals surface area contributed by atoms with Crippen LogP contribution in [-0.4, -0.2) is 52.4 Å². The predicted octanol–water partition coefficient (Wildman–Crippen LogP) is 4.82. The molecule has 1 heterocycles. The standard InChI is InChI=1S/C24H36F2O4S/c1-5-6-20-29-23(30-20)12-22(3)15(10-17(23)27)16(25)9-14-13-7-8-19(31-4)21(13,2)11-18(28)24(14,22)26/h13-16,18-20,28H,5-12H2,1-4H3/t13-,14-,15?,16-,18-,19+,20?,21-,22-,23?,24-/m0/s1. The Labute approximate surface area is 188 Å². The van der Waals surface area contributed by atoms with Crippen molar-refractivity contribution in [3.8, 4) is 0 Å². The van der Waals surface area contributed by atoms with Gasteiger partial charge in [0.2, 0.25) is 5.79 Å². The number of rotatable bonds is 3. The number of Topliss-reactive ketones (excluding diaryl/α,β-unsaturated/α-hetero) is 1. The summed E-state index contributed by atoms with van der Waals surface area (Å²) in [6.07, 6.45) is 2.94. The molecule has 1 spiro atoms. The summed E-state index contributed by atoms with van der Waals surface area (Å²) in [4.78, 5) is 12.9. The van der Waals surface area contributed by atoms with E-state index in [9.17, 15) is 9.90 Å². The van der Waals surface area contributed by atoms with Gasteiger partial charge in [0.15, 0.2) is 12.1 Å². The largest absolute Gasteiger partial charge is 0.390 e. The molecule has 176 valence electrons. The number of aliphatic hydroxyl groups is 1. The molecule has 4 saturated carbocycles. The van der Waals surface area contributed by atoms with E-state index in [4.69, 9.17) is 9.47 Å². The number of thioether (sulfide) groups is 1. The van der Waals surface area contributed by atoms with Gasteiger partial charge < -0.3 is 14.6 Å². The number of hydrogen-bond acceptors (Lipinski definition) is 5. The number of halogens is 2. The SMILES string of the molecule is CCCC1OC2(C[C@@]3(C)C(CC2=O)[C@@H](F)C[C@H]2[C@@H]4CC[C@@H](SC)[C@@]4(C)C[C@H](O)[C@@]23F)O1. The third-order valence-corrected chi connectivity index (χ3v) is 11.3. The van der Waals surface area contributed by atoms with Crippen LogP contribution in [0.5, 0.6) is 0 Å². The third kappa shape index (κ3) is 2.72. The minimum atomic E-state index is -1.95. The highest BCUT2D eigenvalue weighted by molar-refractivity contribution is 7.99. The highest BCUT2D eigenvalue weighted by atomic mass is 32.2. The van der Waals surface area contributed by atoms with Crippen LogP contribution in [0.4, 0.5) is 8.78 Å². The average molecular weight is 459 g/mol. The monoisotopic (exact) mass is 458 g/mol. The second-order valence-electron chi connectivity index (χ2n) is 11.3. The van der Waals surface area contributed by atoms with Crippen molar-refractivity contribution in [1.82, 2.24) is 0 Å². The summed E-state index contributed by atoms with van der Waals surface area (Å²) < 4.78 is 44.9. The number of hydrogen-bond donors (Lipinski definition) is 1. The Balaban J connectivity index is 1.52. The smallest absolute Gasteiger partial charge is 0.234 e. The van der Waals surface area contributed by atoms with Gasteiger partial charge in [-0.25, -0.2) is 8.78 Å². The van der Waals surface area contributed by atoms with E-state index in [1.165, 1.54) is 0 Å². The van der Waals surface area contributed by atoms with E-state index in [0.29, 0.717) is 18.1 Å². The molecule has 4 aliphatic carbocycles. The van der Waals surface area contributed by atoms with Crippen LogP contribution >= 0.6 is 11.8 Å². The molecule has 5 fully saturated rings. The molecule has 0 radical (unpaired) electrons. The number of ketones is 1. The Bertz CT molecular complexity index is 760. The Morgan fingerprint density at radius 3 is 2.55 bits per heavy atom. The first-order chi connectivity index (χ1) is 14.6. The molecule has 1 unspecified atom stereocenters. The molecule has 1 aliphatic heterocycles. The molecule has 1 saturated heterocycles. The van der Waals surface area contributed by atoms with Crippen molar-refractivity contribution in [3.05, 3.63) is 0 Å². The number of fused-ring (bicyclic) bond motifs is 5. The molecule has 0 bridgehead atoms. The maximum atomic E-state index is 17.4. The fraction of sp³-hybridized carbons (Fsp3) is 0.958. The van der Waals surface area contributed by atoms with Crippen LogP contribution in [-0.2, 0) is 14.3 Å². The number of aliphatic hydroxyl groups excluding tert-OH is 1. The molecule has 31 heavy (non-hydrogen) atoms. The average Bonchev–Trinajstić information content (AvgIpc) is 3.01. The number of alkyl halides is 2. The lowest BCUT2D eigenvalue weighted by atomic mass is 9.42. The van der Waals surface area contributed by atoms with Crippen LogP contribution in [0, 0.1) is 28.6 Å². The van der Waals surface area contributed by atoms with Crippen molar-refractivity contribution in [2.24, 2.45) is 28.6 Å². The second-order valence-corrected chi connectivity index (χ2v) is 12.3. The van der Waals surface area contributed by atoms with Gasteiger partial charge in [-0.3, -0.25) is 4.79 Å². The van der Waals surface area contributed by atoms with Gasteiger partial charge in [-0.1, -0.05) is 27.2 Å². The van der Waals surface area contributed by atoms with Gasteiger partial charge >= 0.3 is 0 Å². The summed E-state index contributed by atoms with van der Waals surface area (Å²) in [5.74, 6) is -3.00. The second kappa shape index (κ2) is 7.13. The maximum absolute atomic E-state index is 17.4. The van der Waals surface area contributed by atoms with E-state index in [-0.39, 0.29) is 36.4 Å². The van der Waals surface area contributed by atoms with Gasteiger partial charge in [0, 0.05) is 35.3 Å². The Morgan fingerprint density at radius 1 is 1.19 bits per heavy atom. The zero-order chi connectivity index (χ0) is 22.4. The summed E-state index contributed by atoms with van der Waals surface area (Å²) in [6, 6.07) is 0. The normalized spacial score (nSPS) is 58.4. The minimum Gasteiger partial charge on any atom is -0.390 e. The quantitative estimate of drug-likeness (QED) is 0.657. The molecular weight excluding hydrogens is 422 g/mol. The first-order valence-corrected chi connectivity index (χ1v) is 13.3. The van der Waals surface area contributed by atoms with Crippen LogP contribution in [0.2, 0.25) is 0 Å². The van der Waals surface area contributed by atoms with Crippen molar-refractivity contribution in [1.29, 1.82) is 0 Å². The van der Waals surface area contributed by atoms with Crippen LogP contribution in [0.15, 0.2) is 0 Å². The number of carbonyl (C=O) groups is 1. The lowest BCUT2D eigenvalue weighted by molar-refractivity contribution is -0.449. The van der Waals surface area contributed by atoms with Crippen molar-refractivity contribution >= 4 is 17.5 Å². The molecule has 0 aromatic carbocycles. The molecule has 5 aliphatic rings. The van der Waals surface area contributed by atoms with Crippen molar-refractivity contribution in [3.63, 3.8) is 0 Å². The summed E-state index contributed by atoms with van der Waals surface area (Å²) in [5, 5.41) is 11.7. The van der Waals surface area contributed by atoms with Gasteiger partial charge in [-0.15, -0.1) is 0 Å². The van der Waals surface area contributed by atoms with Crippen LogP contribution in [0.25, 0.3) is 0 Å². The van der Waals surface area contributed by atoms with E-state index >= 15 is 8.78 Å².